The molecule has 5 nitrogen and oxygen atoms in total. The molecule has 1 aromatic rings. The van der Waals surface area contributed by atoms with E-state index in [0.29, 0.717) is 5.56 Å². The summed E-state index contributed by atoms with van der Waals surface area (Å²) in [6.07, 6.45) is 4.04. The van der Waals surface area contributed by atoms with Crippen LogP contribution in [0.1, 0.15) is 5.56 Å². The molecule has 0 saturated carbocycles. The third-order valence-electron chi connectivity index (χ3n) is 1.36. The largest absolute Gasteiger partial charge is 0.504 e. The molecule has 0 aliphatic heterocycles. The number of nitrogens with two attached hydrogens (primary N) is 2. The van der Waals surface area contributed by atoms with Crippen LogP contribution in [0.2, 0.25) is 0 Å². The zero-order chi connectivity index (χ0) is 9.84. The molecular formula is C8H9N3O2. The van der Waals surface area contributed by atoms with E-state index in [9.17, 15) is 4.79 Å². The van der Waals surface area contributed by atoms with E-state index in [4.69, 9.17) is 16.6 Å². The first-order valence-corrected chi connectivity index (χ1v) is 3.51. The number of hydrogen-bond acceptors (Lipinski definition) is 4. The summed E-state index contributed by atoms with van der Waals surface area (Å²) in [5.41, 5.74) is 10.7. The van der Waals surface area contributed by atoms with Gasteiger partial charge in [-0.15, -0.1) is 0 Å². The van der Waals surface area contributed by atoms with Crippen LogP contribution in [0.4, 0.5) is 5.82 Å². The highest BCUT2D eigenvalue weighted by atomic mass is 16.3. The summed E-state index contributed by atoms with van der Waals surface area (Å²) in [5, 5.41) is 9.13. The van der Waals surface area contributed by atoms with Gasteiger partial charge in [-0.3, -0.25) is 4.79 Å². The van der Waals surface area contributed by atoms with Crippen molar-refractivity contribution in [3.05, 3.63) is 23.9 Å². The van der Waals surface area contributed by atoms with E-state index in [0.717, 1.165) is 0 Å². The minimum absolute atomic E-state index is 0.0521. The minimum atomic E-state index is -0.559. The maximum atomic E-state index is 10.4. The predicted molar refractivity (Wildman–Crippen MR) is 48.5 cm³/mol. The highest BCUT2D eigenvalue weighted by Gasteiger charge is 1.97. The number of nitrogen functional groups attached to an aromatic ring is 1. The van der Waals surface area contributed by atoms with Crippen LogP contribution < -0.4 is 11.5 Å². The summed E-state index contributed by atoms with van der Waals surface area (Å²) in [4.78, 5) is 14.0. The Kier molecular flexibility index (Phi) is 2.49. The van der Waals surface area contributed by atoms with Crippen molar-refractivity contribution in [3.63, 3.8) is 0 Å². The first-order chi connectivity index (χ1) is 6.09. The van der Waals surface area contributed by atoms with E-state index in [-0.39, 0.29) is 11.6 Å². The number of primary amides is 1. The van der Waals surface area contributed by atoms with Gasteiger partial charge in [-0.2, -0.15) is 0 Å². The number of rotatable bonds is 2. The van der Waals surface area contributed by atoms with Gasteiger partial charge in [0.25, 0.3) is 0 Å². The Bertz CT molecular complexity index is 360. The van der Waals surface area contributed by atoms with E-state index >= 15 is 0 Å². The second kappa shape index (κ2) is 3.57. The maximum absolute atomic E-state index is 10.4. The molecule has 5 heteroatoms. The summed E-state index contributed by atoms with van der Waals surface area (Å²) >= 11 is 0. The molecule has 0 aliphatic rings. The molecule has 0 aliphatic carbocycles. The van der Waals surface area contributed by atoms with Gasteiger partial charge < -0.3 is 16.6 Å². The van der Waals surface area contributed by atoms with Gasteiger partial charge in [0.1, 0.15) is 0 Å². The topological polar surface area (TPSA) is 102 Å². The molecule has 0 atom stereocenters. The highest BCUT2D eigenvalue weighted by molar-refractivity contribution is 5.90. The zero-order valence-corrected chi connectivity index (χ0v) is 6.77. The summed E-state index contributed by atoms with van der Waals surface area (Å²) in [6, 6.07) is 1.39. The smallest absolute Gasteiger partial charge is 0.241 e. The van der Waals surface area contributed by atoms with Crippen molar-refractivity contribution in [1.29, 1.82) is 0 Å². The molecule has 0 bridgehead atoms. The van der Waals surface area contributed by atoms with Gasteiger partial charge in [0, 0.05) is 12.3 Å². The van der Waals surface area contributed by atoms with Crippen molar-refractivity contribution in [1.82, 2.24) is 4.98 Å². The normalized spacial score (nSPS) is 10.5. The Balaban J connectivity index is 2.92. The van der Waals surface area contributed by atoms with Crippen molar-refractivity contribution in [3.8, 4) is 5.75 Å². The maximum Gasteiger partial charge on any atom is 0.241 e. The molecule has 1 heterocycles. The quantitative estimate of drug-likeness (QED) is 0.550. The number of nitrogens with zero attached hydrogens (tertiary/aromatic N) is 1. The molecule has 1 aromatic heterocycles. The Morgan fingerprint density at radius 2 is 2.31 bits per heavy atom. The number of aromatic hydroxyl groups is 1. The van der Waals surface area contributed by atoms with Crippen LogP contribution in [0.25, 0.3) is 6.08 Å². The molecular weight excluding hydrogens is 170 g/mol. The molecule has 1 rings (SSSR count). The SMILES string of the molecule is NC(=O)C=Cc1cnc(N)c(O)c1. The summed E-state index contributed by atoms with van der Waals surface area (Å²) < 4.78 is 0. The number of anilines is 1. The number of amides is 1. The molecule has 0 radical (unpaired) electrons. The van der Waals surface area contributed by atoms with Crippen molar-refractivity contribution in [2.75, 3.05) is 5.73 Å². The Morgan fingerprint density at radius 1 is 1.62 bits per heavy atom. The molecule has 0 aromatic carbocycles. The third kappa shape index (κ3) is 2.48. The van der Waals surface area contributed by atoms with Gasteiger partial charge in [-0.05, 0) is 17.7 Å². The van der Waals surface area contributed by atoms with Crippen LogP contribution in [0.3, 0.4) is 0 Å². The van der Waals surface area contributed by atoms with Crippen LogP contribution in [-0.2, 0) is 4.79 Å². The van der Waals surface area contributed by atoms with E-state index < -0.39 is 5.91 Å². The fourth-order valence-corrected chi connectivity index (χ4v) is 0.749. The Labute approximate surface area is 74.7 Å². The van der Waals surface area contributed by atoms with Gasteiger partial charge in [0.05, 0.1) is 0 Å². The van der Waals surface area contributed by atoms with Crippen molar-refractivity contribution < 1.29 is 9.90 Å². The number of hydrogen-bond donors (Lipinski definition) is 3. The Hall–Kier alpha value is -2.04. The summed E-state index contributed by atoms with van der Waals surface area (Å²) in [5.74, 6) is -0.626. The summed E-state index contributed by atoms with van der Waals surface area (Å²) in [7, 11) is 0. The molecule has 0 spiro atoms. The van der Waals surface area contributed by atoms with E-state index in [2.05, 4.69) is 4.98 Å². The fourth-order valence-electron chi connectivity index (χ4n) is 0.749. The lowest BCUT2D eigenvalue weighted by Gasteiger charge is -1.97. The van der Waals surface area contributed by atoms with Gasteiger partial charge in [0.15, 0.2) is 11.6 Å². The lowest BCUT2D eigenvalue weighted by atomic mass is 10.2. The van der Waals surface area contributed by atoms with Crippen molar-refractivity contribution >= 4 is 17.8 Å². The zero-order valence-electron chi connectivity index (χ0n) is 6.77. The van der Waals surface area contributed by atoms with Crippen LogP contribution in [0, 0.1) is 0 Å². The average Bonchev–Trinajstić information content (AvgIpc) is 2.07. The predicted octanol–water partition coefficient (Wildman–Crippen LogP) is -0.132. The number of aromatic nitrogens is 1. The van der Waals surface area contributed by atoms with Crippen molar-refractivity contribution in [2.45, 2.75) is 0 Å². The minimum Gasteiger partial charge on any atom is -0.504 e. The van der Waals surface area contributed by atoms with Crippen LogP contribution in [0.5, 0.6) is 5.75 Å². The van der Waals surface area contributed by atoms with Gasteiger partial charge in [0.2, 0.25) is 5.91 Å². The lowest BCUT2D eigenvalue weighted by molar-refractivity contribution is -0.113. The first-order valence-electron chi connectivity index (χ1n) is 3.51. The fraction of sp³-hybridized carbons (Fsp3) is 0. The number of carbonyl (C=O) groups excluding carboxylic acids is 1. The number of pyridine rings is 1. The molecule has 13 heavy (non-hydrogen) atoms. The highest BCUT2D eigenvalue weighted by Crippen LogP contribution is 2.17. The third-order valence-corrected chi connectivity index (χ3v) is 1.36. The molecule has 0 unspecified atom stereocenters. The van der Waals surface area contributed by atoms with Crippen LogP contribution in [0.15, 0.2) is 18.3 Å². The Morgan fingerprint density at radius 3 is 2.85 bits per heavy atom. The summed E-state index contributed by atoms with van der Waals surface area (Å²) in [6.45, 7) is 0. The molecule has 1 amide bonds. The van der Waals surface area contributed by atoms with Crippen LogP contribution >= 0.6 is 0 Å². The molecule has 5 N–H and O–H groups in total. The molecule has 0 fully saturated rings. The standard InChI is InChI=1S/C8H9N3O2/c9-7(13)2-1-5-3-6(12)8(10)11-4-5/h1-4,12H,(H2,9,13)(H2,10,11). The average molecular weight is 179 g/mol. The van der Waals surface area contributed by atoms with Gasteiger partial charge in [-0.1, -0.05) is 0 Å². The molecule has 0 saturated heterocycles. The second-order valence-corrected chi connectivity index (χ2v) is 2.41. The van der Waals surface area contributed by atoms with Gasteiger partial charge in [-0.25, -0.2) is 4.98 Å². The van der Waals surface area contributed by atoms with Crippen LogP contribution in [-0.4, -0.2) is 16.0 Å². The van der Waals surface area contributed by atoms with E-state index in [1.807, 2.05) is 0 Å². The molecule has 68 valence electrons. The second-order valence-electron chi connectivity index (χ2n) is 2.41. The lowest BCUT2D eigenvalue weighted by Crippen LogP contribution is -2.05. The van der Waals surface area contributed by atoms with E-state index in [1.54, 1.807) is 0 Å². The first kappa shape index (κ1) is 9.05. The van der Waals surface area contributed by atoms with E-state index in [1.165, 1.54) is 24.4 Å². The monoisotopic (exact) mass is 179 g/mol. The van der Waals surface area contributed by atoms with Gasteiger partial charge >= 0.3 is 0 Å². The van der Waals surface area contributed by atoms with Crippen molar-refractivity contribution in [2.24, 2.45) is 5.73 Å². The number of carbonyl (C=O) groups is 1.